The highest BCUT2D eigenvalue weighted by atomic mass is 16.3. The molecule has 0 aliphatic rings. The number of allylic oxidation sites excluding steroid dienone is 3. The second-order valence-corrected chi connectivity index (χ2v) is 5.95. The average molecular weight is 311 g/mol. The number of quaternary nitrogens is 1. The molecule has 0 aliphatic heterocycles. The fraction of sp³-hybridized carbons (Fsp3) is 0.737. The molecule has 0 bridgehead atoms. The van der Waals surface area contributed by atoms with Crippen LogP contribution >= 0.6 is 0 Å². The highest BCUT2D eigenvalue weighted by molar-refractivity contribution is 5.79. The van der Waals surface area contributed by atoms with Crippen LogP contribution in [0.15, 0.2) is 24.3 Å². The van der Waals surface area contributed by atoms with Crippen molar-refractivity contribution in [1.82, 2.24) is 0 Å². The van der Waals surface area contributed by atoms with E-state index < -0.39 is 6.10 Å². The standard InChI is InChI=1S/C19H35NO2/c1-2-3-4-5-6-7-8-9-10-11-12-13-14-15-18(21)16-19(22)17-20/h8-9,14-15,18,21H,2-7,10-13,16-17,20H2,1H3/p+1/b9-8+,15-14+/t18-/m0/s1. The van der Waals surface area contributed by atoms with Crippen LogP contribution in [0, 0.1) is 0 Å². The van der Waals surface area contributed by atoms with E-state index >= 15 is 0 Å². The van der Waals surface area contributed by atoms with E-state index in [1.807, 2.05) is 6.08 Å². The summed E-state index contributed by atoms with van der Waals surface area (Å²) in [6.45, 7) is 2.51. The molecule has 22 heavy (non-hydrogen) atoms. The van der Waals surface area contributed by atoms with Gasteiger partial charge in [0, 0.05) is 6.42 Å². The maximum Gasteiger partial charge on any atom is 0.189 e. The zero-order valence-corrected chi connectivity index (χ0v) is 14.4. The van der Waals surface area contributed by atoms with Crippen LogP contribution in [0.5, 0.6) is 0 Å². The highest BCUT2D eigenvalue weighted by Crippen LogP contribution is 2.07. The Morgan fingerprint density at radius 3 is 2.09 bits per heavy atom. The molecule has 0 rings (SSSR count). The van der Waals surface area contributed by atoms with Crippen LogP contribution in [0.2, 0.25) is 0 Å². The van der Waals surface area contributed by atoms with Gasteiger partial charge < -0.3 is 10.8 Å². The van der Waals surface area contributed by atoms with Crippen LogP contribution in [0.25, 0.3) is 0 Å². The lowest BCUT2D eigenvalue weighted by Gasteiger charge is -2.01. The molecule has 0 aromatic carbocycles. The van der Waals surface area contributed by atoms with Crippen molar-refractivity contribution in [2.24, 2.45) is 0 Å². The molecule has 0 radical (unpaired) electrons. The van der Waals surface area contributed by atoms with Gasteiger partial charge in [-0.25, -0.2) is 0 Å². The lowest BCUT2D eigenvalue weighted by molar-refractivity contribution is -0.354. The van der Waals surface area contributed by atoms with Gasteiger partial charge in [0.05, 0.1) is 6.10 Å². The molecule has 0 fully saturated rings. The Kier molecular flexibility index (Phi) is 15.7. The first-order chi connectivity index (χ1) is 10.7. The summed E-state index contributed by atoms with van der Waals surface area (Å²) >= 11 is 0. The van der Waals surface area contributed by atoms with Crippen molar-refractivity contribution in [3.8, 4) is 0 Å². The van der Waals surface area contributed by atoms with Crippen LogP contribution < -0.4 is 5.73 Å². The minimum atomic E-state index is -0.637. The zero-order valence-electron chi connectivity index (χ0n) is 14.4. The molecule has 0 saturated heterocycles. The Morgan fingerprint density at radius 1 is 0.955 bits per heavy atom. The molecule has 128 valence electrons. The first-order valence-corrected chi connectivity index (χ1v) is 9.01. The van der Waals surface area contributed by atoms with Crippen molar-refractivity contribution in [3.63, 3.8) is 0 Å². The third kappa shape index (κ3) is 15.5. The lowest BCUT2D eigenvalue weighted by Crippen LogP contribution is -2.54. The van der Waals surface area contributed by atoms with Crippen molar-refractivity contribution in [2.75, 3.05) is 6.54 Å². The number of aliphatic hydroxyl groups excluding tert-OH is 1. The molecule has 0 amide bonds. The molecule has 0 heterocycles. The molecule has 0 aromatic heterocycles. The quantitative estimate of drug-likeness (QED) is 0.359. The van der Waals surface area contributed by atoms with Gasteiger partial charge in [0.15, 0.2) is 5.78 Å². The van der Waals surface area contributed by atoms with Gasteiger partial charge in [-0.2, -0.15) is 0 Å². The first-order valence-electron chi connectivity index (χ1n) is 9.01. The SMILES string of the molecule is CCCCCCC/C=C/CCCC/C=C/[C@H](O)CC(=O)C[NH3+]. The predicted molar refractivity (Wildman–Crippen MR) is 93.5 cm³/mol. The van der Waals surface area contributed by atoms with Crippen LogP contribution in [-0.4, -0.2) is 23.5 Å². The van der Waals surface area contributed by atoms with Gasteiger partial charge in [-0.3, -0.25) is 4.79 Å². The largest absolute Gasteiger partial charge is 0.389 e. The van der Waals surface area contributed by atoms with E-state index in [9.17, 15) is 9.90 Å². The average Bonchev–Trinajstić information content (AvgIpc) is 2.51. The van der Waals surface area contributed by atoms with E-state index in [0.29, 0.717) is 0 Å². The molecule has 0 spiro atoms. The maximum absolute atomic E-state index is 11.1. The van der Waals surface area contributed by atoms with Gasteiger partial charge in [-0.05, 0) is 38.5 Å². The lowest BCUT2D eigenvalue weighted by atomic mass is 10.1. The maximum atomic E-state index is 11.1. The van der Waals surface area contributed by atoms with Crippen LogP contribution in [0.3, 0.4) is 0 Å². The predicted octanol–water partition coefficient (Wildman–Crippen LogP) is 3.58. The molecule has 4 N–H and O–H groups in total. The van der Waals surface area contributed by atoms with Crippen molar-refractivity contribution < 1.29 is 15.6 Å². The monoisotopic (exact) mass is 310 g/mol. The Bertz CT molecular complexity index is 311. The second kappa shape index (κ2) is 16.4. The molecule has 0 unspecified atom stereocenters. The zero-order chi connectivity index (χ0) is 16.5. The topological polar surface area (TPSA) is 64.9 Å². The van der Waals surface area contributed by atoms with E-state index in [0.717, 1.165) is 19.3 Å². The molecular formula is C19H36NO2+. The van der Waals surface area contributed by atoms with Gasteiger partial charge in [0.25, 0.3) is 0 Å². The summed E-state index contributed by atoms with van der Waals surface area (Å²) in [4.78, 5) is 11.1. The van der Waals surface area contributed by atoms with E-state index in [4.69, 9.17) is 0 Å². The van der Waals surface area contributed by atoms with Gasteiger partial charge in [0.2, 0.25) is 0 Å². The fourth-order valence-electron chi connectivity index (χ4n) is 2.28. The summed E-state index contributed by atoms with van der Waals surface area (Å²) in [5, 5.41) is 9.58. The minimum Gasteiger partial charge on any atom is -0.389 e. The Morgan fingerprint density at radius 2 is 1.50 bits per heavy atom. The number of hydrogen-bond donors (Lipinski definition) is 2. The summed E-state index contributed by atoms with van der Waals surface area (Å²) in [6.07, 6.45) is 20.3. The molecule has 3 heteroatoms. The third-order valence-electron chi connectivity index (χ3n) is 3.71. The van der Waals surface area contributed by atoms with E-state index in [1.165, 1.54) is 44.9 Å². The highest BCUT2D eigenvalue weighted by Gasteiger charge is 2.06. The van der Waals surface area contributed by atoms with Gasteiger partial charge >= 0.3 is 0 Å². The van der Waals surface area contributed by atoms with Crippen LogP contribution in [-0.2, 0) is 4.79 Å². The molecule has 0 saturated carbocycles. The number of Topliss-reactive ketones (excluding diaryl/α,β-unsaturated/α-hetero) is 1. The molecular weight excluding hydrogens is 274 g/mol. The van der Waals surface area contributed by atoms with E-state index in [2.05, 4.69) is 24.8 Å². The van der Waals surface area contributed by atoms with Crippen molar-refractivity contribution >= 4 is 5.78 Å². The summed E-state index contributed by atoms with van der Waals surface area (Å²) in [6, 6.07) is 0. The van der Waals surface area contributed by atoms with E-state index in [1.54, 1.807) is 6.08 Å². The summed E-state index contributed by atoms with van der Waals surface area (Å²) in [7, 11) is 0. The summed E-state index contributed by atoms with van der Waals surface area (Å²) < 4.78 is 0. The number of ketones is 1. The van der Waals surface area contributed by atoms with Crippen LogP contribution in [0.1, 0.15) is 77.6 Å². The minimum absolute atomic E-state index is 0.0111. The number of carbonyl (C=O) groups is 1. The smallest absolute Gasteiger partial charge is 0.189 e. The number of aliphatic hydroxyl groups is 1. The second-order valence-electron chi connectivity index (χ2n) is 5.95. The van der Waals surface area contributed by atoms with Crippen molar-refractivity contribution in [3.05, 3.63) is 24.3 Å². The van der Waals surface area contributed by atoms with Gasteiger partial charge in [-0.15, -0.1) is 0 Å². The Balaban J connectivity index is 3.36. The number of rotatable bonds is 15. The number of unbranched alkanes of at least 4 members (excludes halogenated alkanes) is 8. The third-order valence-corrected chi connectivity index (χ3v) is 3.71. The fourth-order valence-corrected chi connectivity index (χ4v) is 2.28. The van der Waals surface area contributed by atoms with Crippen molar-refractivity contribution in [1.29, 1.82) is 0 Å². The Hall–Kier alpha value is -0.930. The molecule has 0 aromatic rings. The number of carbonyl (C=O) groups excluding carboxylic acids is 1. The van der Waals surface area contributed by atoms with E-state index in [-0.39, 0.29) is 18.7 Å². The van der Waals surface area contributed by atoms with Gasteiger partial charge in [0.1, 0.15) is 6.54 Å². The molecule has 0 aliphatic carbocycles. The molecule has 3 nitrogen and oxygen atoms in total. The van der Waals surface area contributed by atoms with Crippen molar-refractivity contribution in [2.45, 2.75) is 83.7 Å². The number of hydrogen-bond acceptors (Lipinski definition) is 2. The molecule has 1 atom stereocenters. The summed E-state index contributed by atoms with van der Waals surface area (Å²) in [5.74, 6) is 0.0111. The normalized spacial score (nSPS) is 13.2. The van der Waals surface area contributed by atoms with Crippen LogP contribution in [0.4, 0.5) is 0 Å². The first kappa shape index (κ1) is 21.1. The van der Waals surface area contributed by atoms with Gasteiger partial charge in [-0.1, -0.05) is 56.9 Å². The summed E-state index contributed by atoms with van der Waals surface area (Å²) in [5.41, 5.74) is 3.52. The Labute approximate surface area is 136 Å².